The molecule has 2 N–H and O–H groups in total. The summed E-state index contributed by atoms with van der Waals surface area (Å²) in [6, 6.07) is 5.50. The number of carbonyl (C=O) groups is 1. The van der Waals surface area contributed by atoms with Gasteiger partial charge in [-0.1, -0.05) is 22.9 Å². The van der Waals surface area contributed by atoms with Crippen LogP contribution in [0.15, 0.2) is 36.8 Å². The van der Waals surface area contributed by atoms with Crippen molar-refractivity contribution in [3.8, 4) is 16.9 Å². The van der Waals surface area contributed by atoms with Gasteiger partial charge in [0.25, 0.3) is 5.91 Å². The first-order chi connectivity index (χ1) is 16.9. The van der Waals surface area contributed by atoms with Gasteiger partial charge in [0.1, 0.15) is 10.9 Å². The van der Waals surface area contributed by atoms with Crippen LogP contribution in [0.4, 0.5) is 10.8 Å². The summed E-state index contributed by atoms with van der Waals surface area (Å²) in [5, 5.41) is 13.4. The minimum atomic E-state index is -0.355. The van der Waals surface area contributed by atoms with Gasteiger partial charge in [0, 0.05) is 36.1 Å². The molecule has 4 aromatic rings. The fourth-order valence-electron chi connectivity index (χ4n) is 4.08. The Morgan fingerprint density at radius 1 is 1.14 bits per heavy atom. The highest BCUT2D eigenvalue weighted by atomic mass is 35.5. The van der Waals surface area contributed by atoms with E-state index < -0.39 is 0 Å². The Bertz CT molecular complexity index is 1400. The van der Waals surface area contributed by atoms with Gasteiger partial charge in [-0.2, -0.15) is 4.98 Å². The molecule has 0 aromatic carbocycles. The van der Waals surface area contributed by atoms with E-state index >= 15 is 0 Å². The van der Waals surface area contributed by atoms with Gasteiger partial charge in [-0.15, -0.1) is 0 Å². The number of carbonyl (C=O) groups excluding carboxylic acids is 1. The number of thiazole rings is 1. The number of nitrogens with one attached hydrogen (secondary N) is 1. The maximum absolute atomic E-state index is 13.3. The molecule has 0 saturated carbocycles. The van der Waals surface area contributed by atoms with Crippen molar-refractivity contribution in [1.29, 1.82) is 0 Å². The second-order valence-electron chi connectivity index (χ2n) is 8.29. The second kappa shape index (κ2) is 9.73. The molecular formula is C24H23ClN6O3S. The first-order valence-electron chi connectivity index (χ1n) is 11.1. The van der Waals surface area contributed by atoms with Crippen LogP contribution < -0.4 is 15.0 Å². The molecule has 4 aromatic heterocycles. The average molecular weight is 511 g/mol. The number of amides is 1. The predicted molar refractivity (Wildman–Crippen MR) is 137 cm³/mol. The summed E-state index contributed by atoms with van der Waals surface area (Å²) in [4.78, 5) is 32.8. The molecule has 5 rings (SSSR count). The maximum Gasteiger partial charge on any atom is 0.259 e. The standard InChI is InChI=1S/C24H23ClN6O3S/c1-13-7-16(17-9-21(25)27-12-19(17)34-2)18(11-26-13)23(33)30-24-29-22-20(35-24)8-14(10-28-22)31-5-3-15(32)4-6-31/h7-12,15,32H,3-6H2,1-2H3,(H,28,29,30,33). The fourth-order valence-corrected chi connectivity index (χ4v) is 5.09. The van der Waals surface area contributed by atoms with E-state index in [1.54, 1.807) is 12.3 Å². The Morgan fingerprint density at radius 2 is 1.94 bits per heavy atom. The van der Waals surface area contributed by atoms with Crippen LogP contribution in [0.25, 0.3) is 21.5 Å². The van der Waals surface area contributed by atoms with Gasteiger partial charge in [0.2, 0.25) is 0 Å². The van der Waals surface area contributed by atoms with E-state index in [4.69, 9.17) is 16.3 Å². The van der Waals surface area contributed by atoms with E-state index in [9.17, 15) is 9.90 Å². The summed E-state index contributed by atoms with van der Waals surface area (Å²) in [6.45, 7) is 3.41. The van der Waals surface area contributed by atoms with Crippen molar-refractivity contribution in [2.24, 2.45) is 0 Å². The third-order valence-corrected chi connectivity index (χ3v) is 7.03. The SMILES string of the molecule is COc1cnc(Cl)cc1-c1cc(C)ncc1C(=O)Nc1nc2ncc(N3CCC(O)CC3)cc2s1. The van der Waals surface area contributed by atoms with Crippen LogP contribution in [0.3, 0.4) is 0 Å². The smallest absolute Gasteiger partial charge is 0.259 e. The van der Waals surface area contributed by atoms with Crippen LogP contribution >= 0.6 is 22.9 Å². The number of methoxy groups -OCH3 is 1. The topological polar surface area (TPSA) is 113 Å². The van der Waals surface area contributed by atoms with Crippen molar-refractivity contribution >= 4 is 50.0 Å². The number of anilines is 2. The number of aliphatic hydroxyl groups is 1. The molecule has 0 unspecified atom stereocenters. The van der Waals surface area contributed by atoms with Gasteiger partial charge in [-0.05, 0) is 38.0 Å². The Hall–Kier alpha value is -3.34. The third kappa shape index (κ3) is 4.90. The summed E-state index contributed by atoms with van der Waals surface area (Å²) in [5.74, 6) is 0.141. The number of piperidine rings is 1. The molecule has 11 heteroatoms. The molecule has 1 saturated heterocycles. The van der Waals surface area contributed by atoms with Gasteiger partial charge in [-0.3, -0.25) is 15.1 Å². The molecule has 0 bridgehead atoms. The summed E-state index contributed by atoms with van der Waals surface area (Å²) >= 11 is 7.49. The molecule has 1 aliphatic heterocycles. The summed E-state index contributed by atoms with van der Waals surface area (Å²) in [6.07, 6.45) is 6.08. The largest absolute Gasteiger partial charge is 0.494 e. The van der Waals surface area contributed by atoms with E-state index in [0.717, 1.165) is 42.0 Å². The monoisotopic (exact) mass is 510 g/mol. The van der Waals surface area contributed by atoms with Gasteiger partial charge in [0.15, 0.2) is 10.8 Å². The van der Waals surface area contributed by atoms with Gasteiger partial charge >= 0.3 is 0 Å². The van der Waals surface area contributed by atoms with E-state index in [0.29, 0.717) is 33.2 Å². The number of aromatic nitrogens is 4. The van der Waals surface area contributed by atoms with Gasteiger partial charge in [-0.25, -0.2) is 9.97 Å². The molecule has 0 spiro atoms. The molecule has 0 radical (unpaired) electrons. The Balaban J connectivity index is 1.43. The van der Waals surface area contributed by atoms with Crippen molar-refractivity contribution in [2.45, 2.75) is 25.9 Å². The van der Waals surface area contributed by atoms with Crippen molar-refractivity contribution in [2.75, 3.05) is 30.4 Å². The van der Waals surface area contributed by atoms with E-state index in [1.807, 2.05) is 19.1 Å². The molecular weight excluding hydrogens is 488 g/mol. The minimum Gasteiger partial charge on any atom is -0.494 e. The lowest BCUT2D eigenvalue weighted by Gasteiger charge is -2.31. The number of aliphatic hydroxyl groups excluding tert-OH is 1. The Kier molecular flexibility index (Phi) is 6.50. The number of ether oxygens (including phenoxy) is 1. The fraction of sp³-hybridized carbons (Fsp3) is 0.292. The zero-order valence-corrected chi connectivity index (χ0v) is 20.7. The minimum absolute atomic E-state index is 0.238. The molecule has 5 heterocycles. The lowest BCUT2D eigenvalue weighted by atomic mass is 10.0. The lowest BCUT2D eigenvalue weighted by molar-refractivity contribution is 0.102. The first-order valence-corrected chi connectivity index (χ1v) is 12.3. The van der Waals surface area contributed by atoms with Crippen molar-refractivity contribution in [1.82, 2.24) is 19.9 Å². The molecule has 1 amide bonds. The molecule has 35 heavy (non-hydrogen) atoms. The zero-order chi connectivity index (χ0) is 24.5. The summed E-state index contributed by atoms with van der Waals surface area (Å²) in [7, 11) is 1.54. The summed E-state index contributed by atoms with van der Waals surface area (Å²) in [5.41, 5.74) is 3.92. The number of halogens is 1. The van der Waals surface area contributed by atoms with E-state index in [-0.39, 0.29) is 17.2 Å². The number of fused-ring (bicyclic) bond motifs is 1. The number of rotatable bonds is 5. The number of aryl methyl sites for hydroxylation is 1. The Morgan fingerprint density at radius 3 is 2.71 bits per heavy atom. The number of pyridine rings is 3. The number of hydrogen-bond acceptors (Lipinski definition) is 9. The normalized spacial score (nSPS) is 14.3. The Labute approximate surface area is 210 Å². The molecule has 1 aliphatic rings. The molecule has 180 valence electrons. The summed E-state index contributed by atoms with van der Waals surface area (Å²) < 4.78 is 6.31. The van der Waals surface area contributed by atoms with Crippen LogP contribution in [0.1, 0.15) is 28.9 Å². The first kappa shape index (κ1) is 23.4. The molecule has 1 fully saturated rings. The highest BCUT2D eigenvalue weighted by Gasteiger charge is 2.21. The highest BCUT2D eigenvalue weighted by Crippen LogP contribution is 2.35. The van der Waals surface area contributed by atoms with Crippen LogP contribution in [0.2, 0.25) is 5.15 Å². The maximum atomic E-state index is 13.3. The molecule has 0 aliphatic carbocycles. The van der Waals surface area contributed by atoms with Crippen LogP contribution in [-0.4, -0.2) is 57.3 Å². The average Bonchev–Trinajstić information content (AvgIpc) is 3.25. The predicted octanol–water partition coefficient (Wildman–Crippen LogP) is 4.33. The van der Waals surface area contributed by atoms with Gasteiger partial charge < -0.3 is 14.7 Å². The van der Waals surface area contributed by atoms with Gasteiger partial charge in [0.05, 0.1) is 41.6 Å². The molecule has 0 atom stereocenters. The third-order valence-electron chi connectivity index (χ3n) is 5.91. The van der Waals surface area contributed by atoms with Crippen molar-refractivity contribution in [3.63, 3.8) is 0 Å². The van der Waals surface area contributed by atoms with Crippen LogP contribution in [0, 0.1) is 6.92 Å². The lowest BCUT2D eigenvalue weighted by Crippen LogP contribution is -2.35. The van der Waals surface area contributed by atoms with E-state index in [1.165, 1.54) is 30.8 Å². The number of nitrogens with zero attached hydrogens (tertiary/aromatic N) is 5. The van der Waals surface area contributed by atoms with Crippen LogP contribution in [-0.2, 0) is 0 Å². The zero-order valence-electron chi connectivity index (χ0n) is 19.2. The van der Waals surface area contributed by atoms with E-state index in [2.05, 4.69) is 30.2 Å². The quantitative estimate of drug-likeness (QED) is 0.381. The van der Waals surface area contributed by atoms with Crippen molar-refractivity contribution < 1.29 is 14.6 Å². The van der Waals surface area contributed by atoms with Crippen LogP contribution in [0.5, 0.6) is 5.75 Å². The number of hydrogen-bond donors (Lipinski definition) is 2. The van der Waals surface area contributed by atoms with Crippen molar-refractivity contribution in [3.05, 3.63) is 53.2 Å². The molecule has 9 nitrogen and oxygen atoms in total. The second-order valence-corrected chi connectivity index (χ2v) is 9.70. The highest BCUT2D eigenvalue weighted by molar-refractivity contribution is 7.22.